The Morgan fingerprint density at radius 2 is 1.94 bits per heavy atom. The fourth-order valence-corrected chi connectivity index (χ4v) is 2.16. The Kier molecular flexibility index (Phi) is 6.47. The summed E-state index contributed by atoms with van der Waals surface area (Å²) in [5.74, 6) is 0. The van der Waals surface area contributed by atoms with Gasteiger partial charge in [0.2, 0.25) is 0 Å². The molecule has 3 nitrogen and oxygen atoms in total. The molecule has 0 aliphatic heterocycles. The Morgan fingerprint density at radius 3 is 2.50 bits per heavy atom. The van der Waals surface area contributed by atoms with Gasteiger partial charge in [-0.15, -0.1) is 0 Å². The molecule has 0 aliphatic rings. The van der Waals surface area contributed by atoms with Gasteiger partial charge in [-0.3, -0.25) is 0 Å². The predicted molar refractivity (Wildman–Crippen MR) is 78.4 cm³/mol. The Morgan fingerprint density at radius 1 is 1.22 bits per heavy atom. The Labute approximate surface area is 115 Å². The van der Waals surface area contributed by atoms with Crippen molar-refractivity contribution in [2.75, 3.05) is 38.6 Å². The van der Waals surface area contributed by atoms with Crippen LogP contribution in [0.5, 0.6) is 0 Å². The molecule has 0 spiro atoms. The molecule has 4 heteroatoms. The van der Waals surface area contributed by atoms with Crippen molar-refractivity contribution in [3.8, 4) is 0 Å². The van der Waals surface area contributed by atoms with Crippen molar-refractivity contribution >= 4 is 17.3 Å². The van der Waals surface area contributed by atoms with E-state index >= 15 is 0 Å². The summed E-state index contributed by atoms with van der Waals surface area (Å²) in [5.41, 5.74) is 1.98. The van der Waals surface area contributed by atoms with Crippen LogP contribution < -0.4 is 4.90 Å². The smallest absolute Gasteiger partial charge is 0.0702 e. The summed E-state index contributed by atoms with van der Waals surface area (Å²) in [4.78, 5) is 4.44. The van der Waals surface area contributed by atoms with Crippen molar-refractivity contribution in [1.82, 2.24) is 4.90 Å². The molecule has 1 rings (SSSR count). The first-order valence-electron chi connectivity index (χ1n) is 6.37. The van der Waals surface area contributed by atoms with Crippen LogP contribution in [0.3, 0.4) is 0 Å². The summed E-state index contributed by atoms with van der Waals surface area (Å²) in [5, 5.41) is 10.1. The van der Waals surface area contributed by atoms with Crippen LogP contribution in [0.1, 0.15) is 18.9 Å². The molecule has 0 saturated heterocycles. The summed E-state index contributed by atoms with van der Waals surface area (Å²) in [6.45, 7) is 5.13. The molecule has 1 aromatic carbocycles. The van der Waals surface area contributed by atoms with E-state index in [1.807, 2.05) is 18.2 Å². The number of anilines is 1. The molecule has 102 valence electrons. The predicted octanol–water partition coefficient (Wildman–Crippen LogP) is 2.61. The van der Waals surface area contributed by atoms with Crippen molar-refractivity contribution in [3.63, 3.8) is 0 Å². The summed E-state index contributed by atoms with van der Waals surface area (Å²) in [6.07, 6.45) is 1.10. The van der Waals surface area contributed by atoms with Crippen molar-refractivity contribution < 1.29 is 5.11 Å². The van der Waals surface area contributed by atoms with Crippen molar-refractivity contribution in [2.45, 2.75) is 20.0 Å². The van der Waals surface area contributed by atoms with E-state index in [0.717, 1.165) is 37.3 Å². The number of rotatable bonds is 7. The van der Waals surface area contributed by atoms with E-state index < -0.39 is 0 Å². The van der Waals surface area contributed by atoms with Gasteiger partial charge >= 0.3 is 0 Å². The molecular weight excluding hydrogens is 248 g/mol. The van der Waals surface area contributed by atoms with Crippen LogP contribution in [-0.4, -0.2) is 43.7 Å². The third kappa shape index (κ3) is 4.48. The standard InChI is InChI=1S/C14H23ClN2O/c1-4-17(9-5-8-16(2)3)14-10-13(15)7-6-12(14)11-18/h6-7,10,18H,4-5,8-9,11H2,1-3H3. The minimum atomic E-state index is 0.0523. The first-order valence-corrected chi connectivity index (χ1v) is 6.75. The zero-order valence-electron chi connectivity index (χ0n) is 11.5. The van der Waals surface area contributed by atoms with Crippen LogP contribution in [-0.2, 0) is 6.61 Å². The Bertz CT molecular complexity index is 369. The average Bonchev–Trinajstić information content (AvgIpc) is 2.34. The monoisotopic (exact) mass is 270 g/mol. The van der Waals surface area contributed by atoms with Crippen molar-refractivity contribution in [1.29, 1.82) is 0 Å². The fraction of sp³-hybridized carbons (Fsp3) is 0.571. The van der Waals surface area contributed by atoms with Crippen molar-refractivity contribution in [2.24, 2.45) is 0 Å². The highest BCUT2D eigenvalue weighted by molar-refractivity contribution is 6.30. The maximum absolute atomic E-state index is 9.39. The lowest BCUT2D eigenvalue weighted by Gasteiger charge is -2.26. The number of hydrogen-bond donors (Lipinski definition) is 1. The largest absolute Gasteiger partial charge is 0.392 e. The van der Waals surface area contributed by atoms with Gasteiger partial charge in [-0.05, 0) is 46.1 Å². The molecule has 0 heterocycles. The first kappa shape index (κ1) is 15.3. The molecule has 1 N–H and O–H groups in total. The number of benzene rings is 1. The lowest BCUT2D eigenvalue weighted by Crippen LogP contribution is -2.27. The molecule has 1 aromatic rings. The second kappa shape index (κ2) is 7.62. The van der Waals surface area contributed by atoms with Crippen molar-refractivity contribution in [3.05, 3.63) is 28.8 Å². The highest BCUT2D eigenvalue weighted by atomic mass is 35.5. The van der Waals surface area contributed by atoms with E-state index in [4.69, 9.17) is 11.6 Å². The molecule has 0 saturated carbocycles. The molecule has 0 unspecified atom stereocenters. The zero-order chi connectivity index (χ0) is 13.5. The molecule has 0 aromatic heterocycles. The molecule has 0 radical (unpaired) electrons. The summed E-state index contributed by atoms with van der Waals surface area (Å²) in [6, 6.07) is 5.66. The number of hydrogen-bond acceptors (Lipinski definition) is 3. The van der Waals surface area contributed by atoms with Crippen LogP contribution >= 0.6 is 11.6 Å². The van der Waals surface area contributed by atoms with Crippen LogP contribution in [0, 0.1) is 0 Å². The van der Waals surface area contributed by atoms with Gasteiger partial charge in [0.15, 0.2) is 0 Å². The Balaban J connectivity index is 2.77. The van der Waals surface area contributed by atoms with Crippen LogP contribution in [0.25, 0.3) is 0 Å². The third-order valence-corrected chi connectivity index (χ3v) is 3.21. The van der Waals surface area contributed by atoms with Gasteiger partial charge in [-0.25, -0.2) is 0 Å². The van der Waals surface area contributed by atoms with Gasteiger partial charge in [0.1, 0.15) is 0 Å². The molecule has 0 amide bonds. The second-order valence-corrected chi connectivity index (χ2v) is 5.10. The van der Waals surface area contributed by atoms with Gasteiger partial charge in [0, 0.05) is 29.4 Å². The number of aliphatic hydroxyl groups is 1. The maximum Gasteiger partial charge on any atom is 0.0702 e. The van der Waals surface area contributed by atoms with Crippen LogP contribution in [0.2, 0.25) is 5.02 Å². The molecule has 18 heavy (non-hydrogen) atoms. The topological polar surface area (TPSA) is 26.7 Å². The van der Waals surface area contributed by atoms with E-state index in [0.29, 0.717) is 5.02 Å². The highest BCUT2D eigenvalue weighted by Gasteiger charge is 2.10. The second-order valence-electron chi connectivity index (χ2n) is 4.67. The number of aliphatic hydroxyl groups excluding tert-OH is 1. The SMILES string of the molecule is CCN(CCCN(C)C)c1cc(Cl)ccc1CO. The highest BCUT2D eigenvalue weighted by Crippen LogP contribution is 2.25. The van der Waals surface area contributed by atoms with Gasteiger partial charge in [0.25, 0.3) is 0 Å². The average molecular weight is 271 g/mol. The summed E-state index contributed by atoms with van der Waals surface area (Å²) in [7, 11) is 4.16. The summed E-state index contributed by atoms with van der Waals surface area (Å²) < 4.78 is 0. The number of nitrogens with zero attached hydrogens (tertiary/aromatic N) is 2. The third-order valence-electron chi connectivity index (χ3n) is 2.97. The zero-order valence-corrected chi connectivity index (χ0v) is 12.2. The lowest BCUT2D eigenvalue weighted by atomic mass is 10.1. The van der Waals surface area contributed by atoms with E-state index in [9.17, 15) is 5.11 Å². The van der Waals surface area contributed by atoms with E-state index in [1.165, 1.54) is 0 Å². The van der Waals surface area contributed by atoms with Gasteiger partial charge in [-0.1, -0.05) is 17.7 Å². The van der Waals surface area contributed by atoms with Gasteiger partial charge < -0.3 is 14.9 Å². The van der Waals surface area contributed by atoms with Crippen LogP contribution in [0.15, 0.2) is 18.2 Å². The summed E-state index contributed by atoms with van der Waals surface area (Å²) >= 11 is 6.04. The lowest BCUT2D eigenvalue weighted by molar-refractivity contribution is 0.282. The molecule has 0 atom stereocenters. The minimum absolute atomic E-state index is 0.0523. The fourth-order valence-electron chi connectivity index (χ4n) is 1.99. The van der Waals surface area contributed by atoms with Gasteiger partial charge in [0.05, 0.1) is 6.61 Å². The quantitative estimate of drug-likeness (QED) is 0.825. The normalized spacial score (nSPS) is 11.0. The molecule has 0 bridgehead atoms. The molecule has 0 fully saturated rings. The van der Waals surface area contributed by atoms with E-state index in [1.54, 1.807) is 0 Å². The van der Waals surface area contributed by atoms with E-state index in [2.05, 4.69) is 30.8 Å². The molecule has 0 aliphatic carbocycles. The number of halogens is 1. The maximum atomic E-state index is 9.39. The minimum Gasteiger partial charge on any atom is -0.392 e. The Hall–Kier alpha value is -0.770. The van der Waals surface area contributed by atoms with E-state index in [-0.39, 0.29) is 6.61 Å². The van der Waals surface area contributed by atoms with Crippen LogP contribution in [0.4, 0.5) is 5.69 Å². The molecular formula is C14H23ClN2O. The first-order chi connectivity index (χ1) is 8.58. The van der Waals surface area contributed by atoms with Gasteiger partial charge in [-0.2, -0.15) is 0 Å².